The van der Waals surface area contributed by atoms with Gasteiger partial charge in [0, 0.05) is 51.9 Å². The normalized spacial score (nSPS) is 27.3. The molecule has 0 spiro atoms. The lowest BCUT2D eigenvalue weighted by atomic mass is 9.90. The summed E-state index contributed by atoms with van der Waals surface area (Å²) in [7, 11) is 5.55. The Bertz CT molecular complexity index is 1580. The number of carbonyl (C=O) groups excluding carboxylic acids is 3. The largest absolute Gasteiger partial charge is 0.478 e. The van der Waals surface area contributed by atoms with Gasteiger partial charge in [0.25, 0.3) is 0 Å². The number of hydrogen-bond acceptors (Lipinski definition) is 11. The standard InChI is InChI=1S/C15H20N2O3.C11H24N2O.C10H20N2O.C8H17NO.C7H13NO/c1-9(2)11-7-13(16-8-11)14(18)17-12-5-3-4-10(6-12)15(19)20;1-8(2)9-6-10(13-7-9)11(14)4-5-12-3;1-7(2)8-5-9(11-6-8)10(13)12(3)4;1-6(2)7-3-4-10-8(7)5-9;1-5(2)6-3-7(9)8-4-6/h3-6,9,11,13,16H,7-8H2,1-2H3,(H,17,18)(H,19,20);8-14H,4-7H2,1-3H3;7-9,11H,5-6H2,1-4H3;6-8H,3-5,9H2,1-2H3;5-6H,3-4H2,1-2H3,(H,8,9)/t11-,13?;9-,10-,11+;8-,9?;7-,8+;6-/m00000/s1. The molecule has 2 unspecified atom stereocenters. The van der Waals surface area contributed by atoms with Gasteiger partial charge in [-0.25, -0.2) is 4.79 Å². The van der Waals surface area contributed by atoms with Gasteiger partial charge in [0.1, 0.15) is 0 Å². The zero-order chi connectivity index (χ0) is 49.7. The molecular formula is C51H94N8O7. The van der Waals surface area contributed by atoms with Crippen LogP contribution in [0.2, 0.25) is 0 Å². The van der Waals surface area contributed by atoms with E-state index >= 15 is 0 Å². The van der Waals surface area contributed by atoms with Gasteiger partial charge in [0.05, 0.1) is 29.9 Å². The third-order valence-electron chi connectivity index (χ3n) is 14.2. The summed E-state index contributed by atoms with van der Waals surface area (Å²) in [4.78, 5) is 46.9. The first-order valence-corrected chi connectivity index (χ1v) is 25.1. The molecule has 5 fully saturated rings. The Kier molecular flexibility index (Phi) is 27.1. The minimum absolute atomic E-state index is 0.0578. The van der Waals surface area contributed by atoms with Crippen LogP contribution >= 0.6 is 0 Å². The molecule has 15 heteroatoms. The predicted octanol–water partition coefficient (Wildman–Crippen LogP) is 5.04. The zero-order valence-corrected chi connectivity index (χ0v) is 43.1. The van der Waals surface area contributed by atoms with Gasteiger partial charge in [-0.3, -0.25) is 14.4 Å². The van der Waals surface area contributed by atoms with Crippen molar-refractivity contribution in [1.29, 1.82) is 0 Å². The maximum Gasteiger partial charge on any atom is 0.335 e. The summed E-state index contributed by atoms with van der Waals surface area (Å²) in [5, 5.41) is 37.4. The van der Waals surface area contributed by atoms with Crippen LogP contribution in [0.25, 0.3) is 0 Å². The quantitative estimate of drug-likeness (QED) is 0.120. The molecule has 5 saturated heterocycles. The average molecular weight is 931 g/mol. The highest BCUT2D eigenvalue weighted by molar-refractivity contribution is 5.96. The van der Waals surface area contributed by atoms with E-state index in [2.05, 4.69) is 101 Å². The molecule has 0 bridgehead atoms. The molecule has 1 aromatic rings. The van der Waals surface area contributed by atoms with Crippen molar-refractivity contribution in [1.82, 2.24) is 31.5 Å². The van der Waals surface area contributed by atoms with Gasteiger partial charge in [0.15, 0.2) is 0 Å². The van der Waals surface area contributed by atoms with E-state index in [1.165, 1.54) is 18.6 Å². The molecule has 380 valence electrons. The number of benzene rings is 1. The lowest BCUT2D eigenvalue weighted by Crippen LogP contribution is -2.39. The van der Waals surface area contributed by atoms with Gasteiger partial charge in [-0.1, -0.05) is 75.3 Å². The Labute approximate surface area is 399 Å². The minimum atomic E-state index is -1.00. The molecule has 0 saturated carbocycles. The molecule has 0 aromatic heterocycles. The first-order chi connectivity index (χ1) is 31.1. The fraction of sp³-hybridized carbons (Fsp3) is 0.804. The van der Waals surface area contributed by atoms with E-state index in [4.69, 9.17) is 15.6 Å². The zero-order valence-electron chi connectivity index (χ0n) is 43.1. The van der Waals surface area contributed by atoms with Gasteiger partial charge >= 0.3 is 5.97 Å². The summed E-state index contributed by atoms with van der Waals surface area (Å²) in [6.45, 7) is 28.3. The molecule has 1 aromatic carbocycles. The van der Waals surface area contributed by atoms with Gasteiger partial charge in [0.2, 0.25) is 17.7 Å². The molecule has 5 aliphatic rings. The minimum Gasteiger partial charge on any atom is -0.478 e. The van der Waals surface area contributed by atoms with Crippen LogP contribution in [0.4, 0.5) is 5.69 Å². The average Bonchev–Trinajstić information content (AvgIpc) is 4.13. The van der Waals surface area contributed by atoms with Crippen LogP contribution in [0, 0.1) is 59.2 Å². The number of nitrogens with zero attached hydrogens (tertiary/aromatic N) is 1. The van der Waals surface area contributed by atoms with Gasteiger partial charge in [-0.2, -0.15) is 0 Å². The highest BCUT2D eigenvalue weighted by Crippen LogP contribution is 2.28. The van der Waals surface area contributed by atoms with Crippen LogP contribution in [0.1, 0.15) is 118 Å². The monoisotopic (exact) mass is 931 g/mol. The Morgan fingerprint density at radius 2 is 1.36 bits per heavy atom. The third-order valence-corrected chi connectivity index (χ3v) is 14.2. The van der Waals surface area contributed by atoms with Gasteiger partial charge < -0.3 is 57.5 Å². The Morgan fingerprint density at radius 3 is 1.80 bits per heavy atom. The third kappa shape index (κ3) is 20.6. The number of amides is 3. The van der Waals surface area contributed by atoms with E-state index in [-0.39, 0.29) is 41.5 Å². The van der Waals surface area contributed by atoms with Crippen LogP contribution in [0.3, 0.4) is 0 Å². The number of carboxylic acid groups (broad SMARTS) is 1. The highest BCUT2D eigenvalue weighted by atomic mass is 16.5. The van der Waals surface area contributed by atoms with E-state index in [9.17, 15) is 24.3 Å². The van der Waals surface area contributed by atoms with E-state index in [0.717, 1.165) is 89.2 Å². The SMILES string of the molecule is CC(C)[C@@H]1CCO[C@@H]1CN.CC(C)[C@@H]1CNC(=O)C1.CC(C)[C@@H]1CNC(C(=O)N(C)C)C1.CC(C)[C@@H]1CNC(C(=O)Nc2cccc(C(=O)O)c2)C1.CNCC[C@@H](O)[C@@H]1C[C@H](C(C)C)CN1. The number of carboxylic acids is 1. The summed E-state index contributed by atoms with van der Waals surface area (Å²) in [6, 6.07) is 6.46. The number of nitrogens with two attached hydrogens (primary N) is 1. The summed E-state index contributed by atoms with van der Waals surface area (Å²) in [5.41, 5.74) is 6.22. The van der Waals surface area contributed by atoms with Crippen molar-refractivity contribution in [3.63, 3.8) is 0 Å². The van der Waals surface area contributed by atoms with Gasteiger partial charge in [-0.05, 0) is 143 Å². The number of aliphatic hydroxyl groups excluding tert-OH is 1. The molecule has 0 aliphatic carbocycles. The van der Waals surface area contributed by atoms with Crippen LogP contribution < -0.4 is 37.6 Å². The maximum absolute atomic E-state index is 12.1. The van der Waals surface area contributed by atoms with E-state index in [1.807, 2.05) is 21.1 Å². The molecule has 15 nitrogen and oxygen atoms in total. The van der Waals surface area contributed by atoms with Crippen LogP contribution in [-0.2, 0) is 19.1 Å². The van der Waals surface area contributed by atoms with Gasteiger partial charge in [-0.15, -0.1) is 0 Å². The van der Waals surface area contributed by atoms with Crippen molar-refractivity contribution < 1.29 is 34.1 Å². The van der Waals surface area contributed by atoms with Crippen LogP contribution in [0.15, 0.2) is 24.3 Å². The van der Waals surface area contributed by atoms with Crippen molar-refractivity contribution >= 4 is 29.4 Å². The van der Waals surface area contributed by atoms with Crippen molar-refractivity contribution in [2.75, 3.05) is 72.3 Å². The molecule has 10 atom stereocenters. The fourth-order valence-electron chi connectivity index (χ4n) is 9.06. The van der Waals surface area contributed by atoms with E-state index < -0.39 is 5.97 Å². The molecule has 0 radical (unpaired) electrons. The summed E-state index contributed by atoms with van der Waals surface area (Å²) in [5.74, 6) is 5.83. The molecule has 5 heterocycles. The molecule has 66 heavy (non-hydrogen) atoms. The number of aromatic carboxylic acids is 1. The number of likely N-dealkylation sites (N-methyl/N-ethyl adjacent to an activating group) is 1. The summed E-state index contributed by atoms with van der Waals surface area (Å²) >= 11 is 0. The maximum atomic E-state index is 12.1. The van der Waals surface area contributed by atoms with Crippen molar-refractivity contribution in [3.8, 4) is 0 Å². The topological polar surface area (TPSA) is 219 Å². The summed E-state index contributed by atoms with van der Waals surface area (Å²) in [6.07, 6.45) is 5.86. The number of aliphatic hydroxyl groups is 1. The Hall–Kier alpha value is -3.18. The second kappa shape index (κ2) is 30.3. The molecular weight excluding hydrogens is 837 g/mol. The summed E-state index contributed by atoms with van der Waals surface area (Å²) < 4.78 is 5.45. The molecule has 6 rings (SSSR count). The second-order valence-electron chi connectivity index (χ2n) is 21.1. The smallest absolute Gasteiger partial charge is 0.335 e. The van der Waals surface area contributed by atoms with E-state index in [1.54, 1.807) is 17.0 Å². The molecule has 10 N–H and O–H groups in total. The fourth-order valence-corrected chi connectivity index (χ4v) is 9.06. The Morgan fingerprint density at radius 1 is 0.803 bits per heavy atom. The molecule has 5 aliphatic heterocycles. The highest BCUT2D eigenvalue weighted by Gasteiger charge is 2.33. The molecule has 3 amide bonds. The first kappa shape index (κ1) is 58.9. The number of anilines is 1. The predicted molar refractivity (Wildman–Crippen MR) is 267 cm³/mol. The Balaban J connectivity index is 0.000000292. The first-order valence-electron chi connectivity index (χ1n) is 25.1. The number of carbonyl (C=O) groups is 4. The number of nitrogens with one attached hydrogen (secondary N) is 6. The van der Waals surface area contributed by atoms with E-state index in [0.29, 0.717) is 65.8 Å². The van der Waals surface area contributed by atoms with Crippen molar-refractivity contribution in [2.45, 2.75) is 138 Å². The lowest BCUT2D eigenvalue weighted by molar-refractivity contribution is -0.130. The van der Waals surface area contributed by atoms with Crippen molar-refractivity contribution in [2.24, 2.45) is 64.9 Å². The number of ether oxygens (including phenoxy) is 1. The van der Waals surface area contributed by atoms with Crippen molar-refractivity contribution in [3.05, 3.63) is 29.8 Å². The lowest BCUT2D eigenvalue weighted by Gasteiger charge is -2.19. The number of rotatable bonds is 14. The van der Waals surface area contributed by atoms with Crippen LogP contribution in [0.5, 0.6) is 0 Å². The second-order valence-corrected chi connectivity index (χ2v) is 21.1. The van der Waals surface area contributed by atoms with Crippen LogP contribution in [-0.4, -0.2) is 136 Å². The number of hydrogen-bond donors (Lipinski definition) is 9.